The minimum Gasteiger partial charge on any atom is -0.378 e. The van der Waals surface area contributed by atoms with E-state index in [9.17, 15) is 18.0 Å². The number of hydrogen-bond donors (Lipinski definition) is 0. The summed E-state index contributed by atoms with van der Waals surface area (Å²) in [7, 11) is 0. The van der Waals surface area contributed by atoms with Gasteiger partial charge in [-0.25, -0.2) is 18.2 Å². The van der Waals surface area contributed by atoms with Crippen molar-refractivity contribution in [3.05, 3.63) is 51.8 Å². The van der Waals surface area contributed by atoms with Crippen molar-refractivity contribution < 1.29 is 17.9 Å². The maximum absolute atomic E-state index is 14.0. The predicted octanol–water partition coefficient (Wildman–Crippen LogP) is 2.16. The standard InChI is InChI=1S/C16H13F3N4O2S/c17-9-5-11(18)10(12(19)6-9)7-23-8-20-15(24)13-14(23)21-16(26-13)22-1-3-25-4-2-22/h5-6,8H,1-4,7H2. The molecule has 136 valence electrons. The van der Waals surface area contributed by atoms with E-state index in [-0.39, 0.29) is 12.1 Å². The van der Waals surface area contributed by atoms with Crippen LogP contribution in [0.15, 0.2) is 23.3 Å². The van der Waals surface area contributed by atoms with E-state index in [0.717, 1.165) is 0 Å². The van der Waals surface area contributed by atoms with E-state index >= 15 is 0 Å². The Bertz CT molecular complexity index is 1010. The SMILES string of the molecule is O=c1ncn(Cc2c(F)cc(F)cc2F)c2nc(N3CCOCC3)sc12. The first-order valence-electron chi connectivity index (χ1n) is 7.85. The highest BCUT2D eigenvalue weighted by Crippen LogP contribution is 2.27. The molecule has 26 heavy (non-hydrogen) atoms. The van der Waals surface area contributed by atoms with Gasteiger partial charge in [0, 0.05) is 30.8 Å². The Balaban J connectivity index is 1.77. The van der Waals surface area contributed by atoms with Gasteiger partial charge in [0.15, 0.2) is 10.8 Å². The highest BCUT2D eigenvalue weighted by molar-refractivity contribution is 7.22. The van der Waals surface area contributed by atoms with Gasteiger partial charge < -0.3 is 14.2 Å². The van der Waals surface area contributed by atoms with Crippen LogP contribution < -0.4 is 10.5 Å². The van der Waals surface area contributed by atoms with Crippen LogP contribution in [0.2, 0.25) is 0 Å². The molecular weight excluding hydrogens is 369 g/mol. The maximum atomic E-state index is 14.0. The Morgan fingerprint density at radius 1 is 1.15 bits per heavy atom. The Labute approximate surface area is 149 Å². The van der Waals surface area contributed by atoms with Gasteiger partial charge in [0.25, 0.3) is 5.56 Å². The summed E-state index contributed by atoms with van der Waals surface area (Å²) in [6.45, 7) is 2.15. The average molecular weight is 382 g/mol. The highest BCUT2D eigenvalue weighted by atomic mass is 32.1. The summed E-state index contributed by atoms with van der Waals surface area (Å²) >= 11 is 1.18. The van der Waals surface area contributed by atoms with Crippen molar-refractivity contribution in [3.63, 3.8) is 0 Å². The topological polar surface area (TPSA) is 60.2 Å². The zero-order valence-electron chi connectivity index (χ0n) is 13.4. The van der Waals surface area contributed by atoms with Crippen LogP contribution in [-0.4, -0.2) is 40.8 Å². The summed E-state index contributed by atoms with van der Waals surface area (Å²) in [4.78, 5) is 22.3. The number of hydrogen-bond acceptors (Lipinski definition) is 6. The summed E-state index contributed by atoms with van der Waals surface area (Å²) in [5, 5.41) is 0.627. The number of aromatic nitrogens is 3. The van der Waals surface area contributed by atoms with Crippen molar-refractivity contribution in [2.45, 2.75) is 6.54 Å². The van der Waals surface area contributed by atoms with Crippen molar-refractivity contribution in [1.29, 1.82) is 0 Å². The summed E-state index contributed by atoms with van der Waals surface area (Å²) < 4.78 is 48.0. The van der Waals surface area contributed by atoms with Gasteiger partial charge in [-0.3, -0.25) is 4.79 Å². The molecule has 3 aromatic rings. The van der Waals surface area contributed by atoms with Crippen LogP contribution in [0.1, 0.15) is 5.56 Å². The summed E-state index contributed by atoms with van der Waals surface area (Å²) in [5.41, 5.74) is -0.480. The second kappa shape index (κ2) is 6.69. The molecule has 0 saturated carbocycles. The summed E-state index contributed by atoms with van der Waals surface area (Å²) in [6.07, 6.45) is 1.19. The van der Waals surface area contributed by atoms with Crippen LogP contribution in [0.4, 0.5) is 18.3 Å². The largest absolute Gasteiger partial charge is 0.378 e. The number of fused-ring (bicyclic) bond motifs is 1. The smallest absolute Gasteiger partial charge is 0.292 e. The van der Waals surface area contributed by atoms with Crippen LogP contribution in [0.5, 0.6) is 0 Å². The van der Waals surface area contributed by atoms with Gasteiger partial charge >= 0.3 is 0 Å². The van der Waals surface area contributed by atoms with Crippen molar-refractivity contribution in [3.8, 4) is 0 Å². The van der Waals surface area contributed by atoms with Gasteiger partial charge in [0.1, 0.15) is 28.5 Å². The second-order valence-corrected chi connectivity index (χ2v) is 6.75. The highest BCUT2D eigenvalue weighted by Gasteiger charge is 2.20. The Hall–Kier alpha value is -2.46. The monoisotopic (exact) mass is 382 g/mol. The molecular formula is C16H13F3N4O2S. The van der Waals surface area contributed by atoms with Gasteiger partial charge in [-0.05, 0) is 0 Å². The van der Waals surface area contributed by atoms with Crippen LogP contribution in [0.3, 0.4) is 0 Å². The molecule has 0 atom stereocenters. The predicted molar refractivity (Wildman–Crippen MR) is 90.1 cm³/mol. The minimum atomic E-state index is -1.00. The van der Waals surface area contributed by atoms with E-state index in [4.69, 9.17) is 4.74 Å². The molecule has 0 amide bonds. The third-order valence-corrected chi connectivity index (χ3v) is 5.19. The van der Waals surface area contributed by atoms with E-state index in [0.29, 0.717) is 53.9 Å². The van der Waals surface area contributed by atoms with E-state index in [1.807, 2.05) is 4.90 Å². The first kappa shape index (κ1) is 17.0. The lowest BCUT2D eigenvalue weighted by atomic mass is 10.2. The Kier molecular flexibility index (Phi) is 4.37. The van der Waals surface area contributed by atoms with E-state index in [1.54, 1.807) is 0 Å². The number of benzene rings is 1. The van der Waals surface area contributed by atoms with Gasteiger partial charge in [0.05, 0.1) is 19.8 Å². The molecule has 1 fully saturated rings. The third kappa shape index (κ3) is 3.06. The molecule has 3 heterocycles. The number of ether oxygens (including phenoxy) is 1. The molecule has 0 unspecified atom stereocenters. The molecule has 1 aliphatic heterocycles. The Morgan fingerprint density at radius 3 is 2.54 bits per heavy atom. The summed E-state index contributed by atoms with van der Waals surface area (Å²) in [6, 6.07) is 1.23. The molecule has 0 spiro atoms. The number of anilines is 1. The molecule has 1 aromatic carbocycles. The lowest BCUT2D eigenvalue weighted by Gasteiger charge is -2.25. The first-order valence-corrected chi connectivity index (χ1v) is 8.66. The lowest BCUT2D eigenvalue weighted by molar-refractivity contribution is 0.122. The van der Waals surface area contributed by atoms with Crippen LogP contribution in [0, 0.1) is 17.5 Å². The van der Waals surface area contributed by atoms with Crippen molar-refractivity contribution >= 4 is 26.8 Å². The molecule has 2 aromatic heterocycles. The molecule has 10 heteroatoms. The minimum absolute atomic E-state index is 0.256. The molecule has 0 bridgehead atoms. The van der Waals surface area contributed by atoms with E-state index in [2.05, 4.69) is 9.97 Å². The number of halogens is 3. The quantitative estimate of drug-likeness (QED) is 0.695. The van der Waals surface area contributed by atoms with Gasteiger partial charge in [-0.1, -0.05) is 11.3 Å². The normalized spacial score (nSPS) is 15.0. The molecule has 0 aliphatic carbocycles. The number of morpholine rings is 1. The Morgan fingerprint density at radius 2 is 1.85 bits per heavy atom. The van der Waals surface area contributed by atoms with Gasteiger partial charge in [-0.15, -0.1) is 0 Å². The maximum Gasteiger partial charge on any atom is 0.292 e. The van der Waals surface area contributed by atoms with Gasteiger partial charge in [-0.2, -0.15) is 4.98 Å². The molecule has 0 radical (unpaired) electrons. The first-order chi connectivity index (χ1) is 12.5. The van der Waals surface area contributed by atoms with E-state index in [1.165, 1.54) is 22.2 Å². The zero-order valence-corrected chi connectivity index (χ0v) is 14.2. The fourth-order valence-corrected chi connectivity index (χ4v) is 3.79. The van der Waals surface area contributed by atoms with Crippen molar-refractivity contribution in [2.24, 2.45) is 0 Å². The summed E-state index contributed by atoms with van der Waals surface area (Å²) in [5.74, 6) is -2.99. The molecule has 4 rings (SSSR count). The van der Waals surface area contributed by atoms with Crippen molar-refractivity contribution in [1.82, 2.24) is 14.5 Å². The van der Waals surface area contributed by atoms with Crippen LogP contribution >= 0.6 is 11.3 Å². The molecule has 1 saturated heterocycles. The van der Waals surface area contributed by atoms with Crippen LogP contribution in [-0.2, 0) is 11.3 Å². The number of thiazole rings is 1. The third-order valence-electron chi connectivity index (χ3n) is 4.09. The lowest BCUT2D eigenvalue weighted by Crippen LogP contribution is -2.36. The van der Waals surface area contributed by atoms with Gasteiger partial charge in [0.2, 0.25) is 0 Å². The number of nitrogens with zero attached hydrogens (tertiary/aromatic N) is 4. The fraction of sp³-hybridized carbons (Fsp3) is 0.312. The average Bonchev–Trinajstić information content (AvgIpc) is 3.07. The fourth-order valence-electron chi connectivity index (χ4n) is 2.77. The molecule has 1 aliphatic rings. The number of rotatable bonds is 3. The van der Waals surface area contributed by atoms with E-state index < -0.39 is 23.0 Å². The second-order valence-electron chi connectivity index (χ2n) is 5.77. The molecule has 0 N–H and O–H groups in total. The van der Waals surface area contributed by atoms with Crippen molar-refractivity contribution in [2.75, 3.05) is 31.2 Å². The molecule has 6 nitrogen and oxygen atoms in total. The van der Waals surface area contributed by atoms with Crippen LogP contribution in [0.25, 0.3) is 10.3 Å². The zero-order chi connectivity index (χ0) is 18.3.